The van der Waals surface area contributed by atoms with Gasteiger partial charge < -0.3 is 15.8 Å². The molecule has 1 rings (SSSR count). The van der Waals surface area contributed by atoms with Gasteiger partial charge in [-0.1, -0.05) is 17.9 Å². The van der Waals surface area contributed by atoms with Gasteiger partial charge in [0, 0.05) is 31.4 Å². The molecule has 0 unspecified atom stereocenters. The standard InChI is InChI=1S/C15H20N2O2/c1-12-13(7-4-9-16)6-3-8-14(12)15(18)17-10-5-11-19-2/h3,6,8H,5,9-11,16H2,1-2H3,(H,17,18). The zero-order valence-electron chi connectivity index (χ0n) is 11.5. The van der Waals surface area contributed by atoms with Gasteiger partial charge in [0.15, 0.2) is 0 Å². The predicted molar refractivity (Wildman–Crippen MR) is 75.9 cm³/mol. The van der Waals surface area contributed by atoms with Crippen LogP contribution in [0.4, 0.5) is 0 Å². The summed E-state index contributed by atoms with van der Waals surface area (Å²) >= 11 is 0. The summed E-state index contributed by atoms with van der Waals surface area (Å²) in [5.41, 5.74) is 7.73. The molecule has 0 radical (unpaired) electrons. The lowest BCUT2D eigenvalue weighted by atomic mass is 10.0. The van der Waals surface area contributed by atoms with Gasteiger partial charge in [0.05, 0.1) is 6.54 Å². The Balaban J connectivity index is 2.74. The van der Waals surface area contributed by atoms with E-state index in [0.29, 0.717) is 25.3 Å². The van der Waals surface area contributed by atoms with Gasteiger partial charge in [0.25, 0.3) is 5.91 Å². The maximum atomic E-state index is 12.0. The van der Waals surface area contributed by atoms with Crippen molar-refractivity contribution in [3.63, 3.8) is 0 Å². The van der Waals surface area contributed by atoms with Gasteiger partial charge in [-0.15, -0.1) is 0 Å². The lowest BCUT2D eigenvalue weighted by molar-refractivity contribution is 0.0948. The molecule has 1 amide bonds. The highest BCUT2D eigenvalue weighted by Crippen LogP contribution is 2.12. The molecule has 1 aromatic carbocycles. The summed E-state index contributed by atoms with van der Waals surface area (Å²) in [6.45, 7) is 3.45. The van der Waals surface area contributed by atoms with Gasteiger partial charge in [-0.2, -0.15) is 0 Å². The Hall–Kier alpha value is -1.83. The average molecular weight is 260 g/mol. The molecule has 0 saturated heterocycles. The number of nitrogens with one attached hydrogen (secondary N) is 1. The van der Waals surface area contributed by atoms with Crippen molar-refractivity contribution in [2.75, 3.05) is 26.8 Å². The summed E-state index contributed by atoms with van der Waals surface area (Å²) in [4.78, 5) is 12.0. The fourth-order valence-corrected chi connectivity index (χ4v) is 1.68. The minimum atomic E-state index is -0.0787. The molecule has 0 aliphatic heterocycles. The van der Waals surface area contributed by atoms with E-state index >= 15 is 0 Å². The zero-order valence-corrected chi connectivity index (χ0v) is 11.5. The van der Waals surface area contributed by atoms with Crippen LogP contribution in [0, 0.1) is 18.8 Å². The van der Waals surface area contributed by atoms with Crippen molar-refractivity contribution in [2.45, 2.75) is 13.3 Å². The molecular formula is C15H20N2O2. The number of hydrogen-bond acceptors (Lipinski definition) is 3. The smallest absolute Gasteiger partial charge is 0.251 e. The zero-order chi connectivity index (χ0) is 14.1. The highest BCUT2D eigenvalue weighted by molar-refractivity contribution is 5.96. The maximum Gasteiger partial charge on any atom is 0.251 e. The third-order valence-corrected chi connectivity index (χ3v) is 2.71. The van der Waals surface area contributed by atoms with E-state index in [-0.39, 0.29) is 5.91 Å². The average Bonchev–Trinajstić information content (AvgIpc) is 2.42. The number of rotatable bonds is 5. The number of carbonyl (C=O) groups is 1. The Morgan fingerprint density at radius 3 is 2.95 bits per heavy atom. The number of nitrogens with two attached hydrogens (primary N) is 1. The summed E-state index contributed by atoms with van der Waals surface area (Å²) in [7, 11) is 1.64. The van der Waals surface area contributed by atoms with Crippen LogP contribution in [-0.2, 0) is 4.74 Å². The molecule has 0 atom stereocenters. The van der Waals surface area contributed by atoms with Crippen LogP contribution in [0.2, 0.25) is 0 Å². The van der Waals surface area contributed by atoms with E-state index in [9.17, 15) is 4.79 Å². The number of hydrogen-bond donors (Lipinski definition) is 2. The number of carbonyl (C=O) groups excluding carboxylic acids is 1. The molecule has 4 heteroatoms. The first-order chi connectivity index (χ1) is 9.20. The molecule has 0 aliphatic rings. The Morgan fingerprint density at radius 1 is 1.47 bits per heavy atom. The Morgan fingerprint density at radius 2 is 2.26 bits per heavy atom. The minimum absolute atomic E-state index is 0.0787. The molecule has 4 nitrogen and oxygen atoms in total. The molecule has 0 heterocycles. The second kappa shape index (κ2) is 8.30. The molecule has 0 aromatic heterocycles. The van der Waals surface area contributed by atoms with Crippen molar-refractivity contribution in [2.24, 2.45) is 5.73 Å². The van der Waals surface area contributed by atoms with E-state index in [1.807, 2.05) is 19.1 Å². The summed E-state index contributed by atoms with van der Waals surface area (Å²) in [5, 5.41) is 2.87. The number of methoxy groups -OCH3 is 1. The molecule has 102 valence electrons. The third kappa shape index (κ3) is 4.74. The first-order valence-corrected chi connectivity index (χ1v) is 6.26. The van der Waals surface area contributed by atoms with Crippen LogP contribution in [0.15, 0.2) is 18.2 Å². The minimum Gasteiger partial charge on any atom is -0.385 e. The molecule has 0 aliphatic carbocycles. The molecular weight excluding hydrogens is 240 g/mol. The normalized spacial score (nSPS) is 9.63. The van der Waals surface area contributed by atoms with Crippen LogP contribution in [-0.4, -0.2) is 32.7 Å². The quantitative estimate of drug-likeness (QED) is 0.615. The van der Waals surface area contributed by atoms with Gasteiger partial charge >= 0.3 is 0 Å². The van der Waals surface area contributed by atoms with E-state index in [4.69, 9.17) is 10.5 Å². The van der Waals surface area contributed by atoms with Crippen molar-refractivity contribution in [3.05, 3.63) is 34.9 Å². The van der Waals surface area contributed by atoms with Crippen LogP contribution in [0.3, 0.4) is 0 Å². The van der Waals surface area contributed by atoms with E-state index in [1.165, 1.54) is 0 Å². The van der Waals surface area contributed by atoms with Crippen LogP contribution < -0.4 is 11.1 Å². The Bertz CT molecular complexity index is 487. The van der Waals surface area contributed by atoms with Gasteiger partial charge in [-0.3, -0.25) is 4.79 Å². The summed E-state index contributed by atoms with van der Waals surface area (Å²) in [6, 6.07) is 5.52. The maximum absolute atomic E-state index is 12.0. The second-order valence-electron chi connectivity index (χ2n) is 4.09. The van der Waals surface area contributed by atoms with E-state index in [1.54, 1.807) is 13.2 Å². The highest BCUT2D eigenvalue weighted by atomic mass is 16.5. The van der Waals surface area contributed by atoms with Crippen molar-refractivity contribution >= 4 is 5.91 Å². The highest BCUT2D eigenvalue weighted by Gasteiger charge is 2.09. The van der Waals surface area contributed by atoms with Crippen molar-refractivity contribution in [1.29, 1.82) is 0 Å². The number of ether oxygens (including phenoxy) is 1. The van der Waals surface area contributed by atoms with Crippen LogP contribution in [0.25, 0.3) is 0 Å². The molecule has 1 aromatic rings. The molecule has 0 spiro atoms. The largest absolute Gasteiger partial charge is 0.385 e. The van der Waals surface area contributed by atoms with Crippen LogP contribution in [0.1, 0.15) is 27.9 Å². The van der Waals surface area contributed by atoms with Gasteiger partial charge in [0.2, 0.25) is 0 Å². The molecule has 3 N–H and O–H groups in total. The topological polar surface area (TPSA) is 64.3 Å². The van der Waals surface area contributed by atoms with Crippen LogP contribution in [0.5, 0.6) is 0 Å². The molecule has 0 bridgehead atoms. The van der Waals surface area contributed by atoms with Crippen molar-refractivity contribution in [3.8, 4) is 11.8 Å². The Kier molecular flexibility index (Phi) is 6.65. The SMILES string of the molecule is COCCCNC(=O)c1cccc(C#CCN)c1C. The molecule has 19 heavy (non-hydrogen) atoms. The van der Waals surface area contributed by atoms with E-state index in [0.717, 1.165) is 17.5 Å². The number of amides is 1. The lowest BCUT2D eigenvalue weighted by Crippen LogP contribution is -2.26. The summed E-state index contributed by atoms with van der Waals surface area (Å²) in [5.74, 6) is 5.69. The van der Waals surface area contributed by atoms with E-state index < -0.39 is 0 Å². The van der Waals surface area contributed by atoms with Gasteiger partial charge in [-0.25, -0.2) is 0 Å². The Labute approximate surface area is 114 Å². The predicted octanol–water partition coefficient (Wildman–Crippen LogP) is 1.07. The fraction of sp³-hybridized carbons (Fsp3) is 0.400. The van der Waals surface area contributed by atoms with Gasteiger partial charge in [-0.05, 0) is 31.0 Å². The first kappa shape index (κ1) is 15.2. The third-order valence-electron chi connectivity index (χ3n) is 2.71. The van der Waals surface area contributed by atoms with E-state index in [2.05, 4.69) is 17.2 Å². The van der Waals surface area contributed by atoms with Gasteiger partial charge in [0.1, 0.15) is 0 Å². The molecule has 0 fully saturated rings. The number of benzene rings is 1. The summed E-state index contributed by atoms with van der Waals surface area (Å²) < 4.78 is 4.94. The second-order valence-corrected chi connectivity index (χ2v) is 4.09. The van der Waals surface area contributed by atoms with Crippen molar-refractivity contribution in [1.82, 2.24) is 5.32 Å². The van der Waals surface area contributed by atoms with Crippen molar-refractivity contribution < 1.29 is 9.53 Å². The first-order valence-electron chi connectivity index (χ1n) is 6.26. The lowest BCUT2D eigenvalue weighted by Gasteiger charge is -2.08. The van der Waals surface area contributed by atoms with Crippen LogP contribution >= 0.6 is 0 Å². The monoisotopic (exact) mass is 260 g/mol. The molecule has 0 saturated carbocycles. The fourth-order valence-electron chi connectivity index (χ4n) is 1.68. The summed E-state index contributed by atoms with van der Waals surface area (Å²) in [6.07, 6.45) is 0.800.